The van der Waals surface area contributed by atoms with Gasteiger partial charge in [0, 0.05) is 19.2 Å². The van der Waals surface area contributed by atoms with E-state index >= 15 is 0 Å². The third-order valence-electron chi connectivity index (χ3n) is 3.99. The molecule has 3 rings (SSSR count). The summed E-state index contributed by atoms with van der Waals surface area (Å²) in [6.07, 6.45) is 0. The van der Waals surface area contributed by atoms with Gasteiger partial charge in [-0.25, -0.2) is 4.79 Å². The highest BCUT2D eigenvalue weighted by molar-refractivity contribution is 5.91. The van der Waals surface area contributed by atoms with Gasteiger partial charge in [0.1, 0.15) is 0 Å². The highest BCUT2D eigenvalue weighted by Crippen LogP contribution is 2.25. The topological polar surface area (TPSA) is 114 Å². The molecule has 0 spiro atoms. The standard InChI is InChI=1S/C18H17N5O4/c1-2-21(12-13-8-4-3-5-9-13)17-16(18(24)25)19-22(20-17)14-10-6-7-11-15(14)23(26)27/h3-11H,2,12H2,1H3,(H,24,25). The maximum atomic E-state index is 11.7. The van der Waals surface area contributed by atoms with Crippen molar-refractivity contribution in [3.8, 4) is 5.69 Å². The van der Waals surface area contributed by atoms with Gasteiger partial charge in [-0.2, -0.15) is 0 Å². The number of hydrogen-bond donors (Lipinski definition) is 1. The number of aromatic carboxylic acids is 1. The number of para-hydroxylation sites is 2. The minimum Gasteiger partial charge on any atom is -0.476 e. The first kappa shape index (κ1) is 18.1. The van der Waals surface area contributed by atoms with E-state index in [-0.39, 0.29) is 22.9 Å². The summed E-state index contributed by atoms with van der Waals surface area (Å²) >= 11 is 0. The lowest BCUT2D eigenvalue weighted by Gasteiger charge is -2.20. The number of nitrogens with zero attached hydrogens (tertiary/aromatic N) is 5. The average Bonchev–Trinajstić information content (AvgIpc) is 3.12. The van der Waals surface area contributed by atoms with Crippen molar-refractivity contribution in [3.63, 3.8) is 0 Å². The molecule has 9 heteroatoms. The van der Waals surface area contributed by atoms with Crippen LogP contribution in [0.15, 0.2) is 54.6 Å². The van der Waals surface area contributed by atoms with Gasteiger partial charge in [0.2, 0.25) is 5.69 Å². The second-order valence-electron chi connectivity index (χ2n) is 5.71. The van der Waals surface area contributed by atoms with Crippen LogP contribution in [0.2, 0.25) is 0 Å². The molecule has 0 saturated heterocycles. The summed E-state index contributed by atoms with van der Waals surface area (Å²) < 4.78 is 0. The van der Waals surface area contributed by atoms with E-state index in [9.17, 15) is 20.0 Å². The minimum atomic E-state index is -1.25. The Balaban J connectivity index is 2.06. The van der Waals surface area contributed by atoms with Crippen LogP contribution in [0.1, 0.15) is 23.0 Å². The number of anilines is 1. The second-order valence-corrected chi connectivity index (χ2v) is 5.71. The lowest BCUT2D eigenvalue weighted by Crippen LogP contribution is -2.24. The van der Waals surface area contributed by atoms with Crippen molar-refractivity contribution in [1.29, 1.82) is 0 Å². The van der Waals surface area contributed by atoms with Crippen LogP contribution in [0.5, 0.6) is 0 Å². The van der Waals surface area contributed by atoms with Crippen LogP contribution in [0.25, 0.3) is 5.69 Å². The molecule has 9 nitrogen and oxygen atoms in total. The molecule has 0 unspecified atom stereocenters. The van der Waals surface area contributed by atoms with Gasteiger partial charge in [0.05, 0.1) is 4.92 Å². The zero-order valence-electron chi connectivity index (χ0n) is 14.5. The van der Waals surface area contributed by atoms with Crippen LogP contribution in [0, 0.1) is 10.1 Å². The first-order valence-electron chi connectivity index (χ1n) is 8.24. The fourth-order valence-electron chi connectivity index (χ4n) is 2.69. The number of carboxylic acid groups (broad SMARTS) is 1. The first-order chi connectivity index (χ1) is 13.0. The zero-order chi connectivity index (χ0) is 19.4. The fourth-order valence-corrected chi connectivity index (χ4v) is 2.69. The van der Waals surface area contributed by atoms with Gasteiger partial charge in [0.15, 0.2) is 11.5 Å². The van der Waals surface area contributed by atoms with Gasteiger partial charge in [-0.15, -0.1) is 15.0 Å². The van der Waals surface area contributed by atoms with E-state index in [1.54, 1.807) is 11.0 Å². The molecule has 27 heavy (non-hydrogen) atoms. The van der Waals surface area contributed by atoms with Crippen LogP contribution >= 0.6 is 0 Å². The SMILES string of the molecule is CCN(Cc1ccccc1)c1nn(-c2ccccc2[N+](=O)[O-])nc1C(=O)O. The Morgan fingerprint density at radius 3 is 2.44 bits per heavy atom. The molecule has 1 aromatic heterocycles. The molecule has 0 fully saturated rings. The number of carbonyl (C=O) groups is 1. The molecule has 138 valence electrons. The number of benzene rings is 2. The largest absolute Gasteiger partial charge is 0.476 e. The second kappa shape index (κ2) is 7.65. The van der Waals surface area contributed by atoms with Crippen LogP contribution in [0.3, 0.4) is 0 Å². The number of rotatable bonds is 7. The van der Waals surface area contributed by atoms with Gasteiger partial charge in [-0.1, -0.05) is 42.5 Å². The van der Waals surface area contributed by atoms with Crippen molar-refractivity contribution in [2.75, 3.05) is 11.4 Å². The van der Waals surface area contributed by atoms with Crippen molar-refractivity contribution in [1.82, 2.24) is 15.0 Å². The van der Waals surface area contributed by atoms with Gasteiger partial charge in [-0.05, 0) is 18.6 Å². The number of hydrogen-bond acceptors (Lipinski definition) is 6. The molecule has 0 aliphatic heterocycles. The highest BCUT2D eigenvalue weighted by Gasteiger charge is 2.25. The predicted octanol–water partition coefficient (Wildman–Crippen LogP) is 2.90. The molecule has 0 atom stereocenters. The van der Waals surface area contributed by atoms with Crippen molar-refractivity contribution < 1.29 is 14.8 Å². The molecule has 3 aromatic rings. The molecule has 0 saturated carbocycles. The monoisotopic (exact) mass is 367 g/mol. The maximum absolute atomic E-state index is 11.7. The lowest BCUT2D eigenvalue weighted by atomic mass is 10.2. The Morgan fingerprint density at radius 2 is 1.81 bits per heavy atom. The summed E-state index contributed by atoms with van der Waals surface area (Å²) in [5.74, 6) is -1.09. The van der Waals surface area contributed by atoms with Gasteiger partial charge >= 0.3 is 5.97 Å². The van der Waals surface area contributed by atoms with Crippen LogP contribution in [-0.4, -0.2) is 37.5 Å². The summed E-state index contributed by atoms with van der Waals surface area (Å²) in [6.45, 7) is 2.80. The summed E-state index contributed by atoms with van der Waals surface area (Å²) in [7, 11) is 0. The van der Waals surface area contributed by atoms with Crippen molar-refractivity contribution >= 4 is 17.5 Å². The third-order valence-corrected chi connectivity index (χ3v) is 3.99. The Morgan fingerprint density at radius 1 is 1.15 bits per heavy atom. The molecule has 0 amide bonds. The quantitative estimate of drug-likeness (QED) is 0.504. The number of nitro groups is 1. The molecule has 0 aliphatic carbocycles. The summed E-state index contributed by atoms with van der Waals surface area (Å²) in [4.78, 5) is 25.2. The zero-order valence-corrected chi connectivity index (χ0v) is 14.5. The fraction of sp³-hybridized carbons (Fsp3) is 0.167. The lowest BCUT2D eigenvalue weighted by molar-refractivity contribution is -0.384. The van der Waals surface area contributed by atoms with Crippen molar-refractivity contribution in [2.45, 2.75) is 13.5 Å². The van der Waals surface area contributed by atoms with E-state index in [0.29, 0.717) is 13.1 Å². The smallest absolute Gasteiger partial charge is 0.360 e. The molecule has 0 radical (unpaired) electrons. The van der Waals surface area contributed by atoms with Crippen LogP contribution in [0.4, 0.5) is 11.5 Å². The number of carboxylic acids is 1. The summed E-state index contributed by atoms with van der Waals surface area (Å²) in [6, 6.07) is 15.5. The molecule has 0 bridgehead atoms. The molecule has 1 N–H and O–H groups in total. The number of aromatic nitrogens is 3. The molecule has 0 aliphatic rings. The molecule has 2 aromatic carbocycles. The van der Waals surface area contributed by atoms with Gasteiger partial charge in [0.25, 0.3) is 5.69 Å². The van der Waals surface area contributed by atoms with Gasteiger partial charge in [-0.3, -0.25) is 10.1 Å². The maximum Gasteiger partial charge on any atom is 0.360 e. The van der Waals surface area contributed by atoms with E-state index in [0.717, 1.165) is 10.4 Å². The van der Waals surface area contributed by atoms with E-state index < -0.39 is 10.9 Å². The highest BCUT2D eigenvalue weighted by atomic mass is 16.6. The van der Waals surface area contributed by atoms with Gasteiger partial charge < -0.3 is 10.0 Å². The Hall–Kier alpha value is -3.75. The van der Waals surface area contributed by atoms with Crippen LogP contribution < -0.4 is 4.90 Å². The first-order valence-corrected chi connectivity index (χ1v) is 8.24. The summed E-state index contributed by atoms with van der Waals surface area (Å²) in [5.41, 5.74) is 0.621. The minimum absolute atomic E-state index is 0.104. The predicted molar refractivity (Wildman–Crippen MR) is 98.1 cm³/mol. The van der Waals surface area contributed by atoms with Crippen molar-refractivity contribution in [2.24, 2.45) is 0 Å². The Kier molecular flexibility index (Phi) is 5.11. The summed E-state index contributed by atoms with van der Waals surface area (Å²) in [5, 5.41) is 29.1. The average molecular weight is 367 g/mol. The van der Waals surface area contributed by atoms with E-state index in [1.807, 2.05) is 37.3 Å². The molecule has 1 heterocycles. The number of nitro benzene ring substituents is 1. The normalized spacial score (nSPS) is 10.6. The Labute approximate surface area is 154 Å². The Bertz CT molecular complexity index is 971. The third kappa shape index (κ3) is 3.76. The van der Waals surface area contributed by atoms with E-state index in [4.69, 9.17) is 0 Å². The van der Waals surface area contributed by atoms with E-state index in [2.05, 4.69) is 10.2 Å². The van der Waals surface area contributed by atoms with Crippen LogP contribution in [-0.2, 0) is 6.54 Å². The van der Waals surface area contributed by atoms with Crippen molar-refractivity contribution in [3.05, 3.63) is 76.0 Å². The van der Waals surface area contributed by atoms with E-state index in [1.165, 1.54) is 18.2 Å². The molecular weight excluding hydrogens is 350 g/mol. The molecular formula is C18H17N5O4.